The fourth-order valence-corrected chi connectivity index (χ4v) is 3.97. The van der Waals surface area contributed by atoms with Gasteiger partial charge in [0.2, 0.25) is 11.8 Å². The molecule has 9 heteroatoms. The number of carbonyl (C=O) groups excluding carboxylic acids is 3. The van der Waals surface area contributed by atoms with E-state index in [2.05, 4.69) is 22.4 Å². The van der Waals surface area contributed by atoms with E-state index in [1.165, 1.54) is 23.1 Å². The summed E-state index contributed by atoms with van der Waals surface area (Å²) in [6.07, 6.45) is 1.49. The SMILES string of the molecule is C=CCN1C(=O)C(CC(=O)Nc2ccc(C)cc2)SC1=NNC(=O)c1ccccc1O. The van der Waals surface area contributed by atoms with Gasteiger partial charge in [-0.15, -0.1) is 11.7 Å². The Balaban J connectivity index is 1.67. The number of hydrazone groups is 1. The predicted molar refractivity (Wildman–Crippen MR) is 121 cm³/mol. The summed E-state index contributed by atoms with van der Waals surface area (Å²) < 4.78 is 0. The normalized spacial score (nSPS) is 16.9. The number of thioether (sulfide) groups is 1. The average molecular weight is 439 g/mol. The molecule has 3 N–H and O–H groups in total. The molecule has 3 rings (SSSR count). The number of amides is 3. The number of nitrogens with zero attached hydrogens (tertiary/aromatic N) is 2. The second-order valence-corrected chi connectivity index (χ2v) is 7.98. The van der Waals surface area contributed by atoms with Crippen LogP contribution in [0.25, 0.3) is 0 Å². The molecule has 0 saturated carbocycles. The summed E-state index contributed by atoms with van der Waals surface area (Å²) in [5, 5.41) is 16.2. The number of anilines is 1. The Morgan fingerprint density at radius 3 is 2.61 bits per heavy atom. The summed E-state index contributed by atoms with van der Waals surface area (Å²) in [6.45, 7) is 5.78. The topological polar surface area (TPSA) is 111 Å². The van der Waals surface area contributed by atoms with E-state index in [4.69, 9.17) is 0 Å². The van der Waals surface area contributed by atoms with Crippen LogP contribution in [-0.4, -0.2) is 44.7 Å². The Labute approximate surface area is 184 Å². The lowest BCUT2D eigenvalue weighted by Gasteiger charge is -2.13. The van der Waals surface area contributed by atoms with Crippen LogP contribution in [0.3, 0.4) is 0 Å². The van der Waals surface area contributed by atoms with Crippen molar-refractivity contribution < 1.29 is 19.5 Å². The smallest absolute Gasteiger partial charge is 0.275 e. The maximum absolute atomic E-state index is 12.8. The van der Waals surface area contributed by atoms with Gasteiger partial charge in [0.1, 0.15) is 11.0 Å². The maximum atomic E-state index is 12.8. The molecule has 1 unspecified atom stereocenters. The largest absolute Gasteiger partial charge is 0.507 e. The third kappa shape index (κ3) is 5.52. The number of aryl methyl sites for hydroxylation is 1. The van der Waals surface area contributed by atoms with Crippen molar-refractivity contribution in [1.82, 2.24) is 10.3 Å². The summed E-state index contributed by atoms with van der Waals surface area (Å²) in [5.41, 5.74) is 4.14. The molecule has 0 aliphatic carbocycles. The minimum atomic E-state index is -0.675. The van der Waals surface area contributed by atoms with Crippen molar-refractivity contribution in [2.75, 3.05) is 11.9 Å². The van der Waals surface area contributed by atoms with Crippen LogP contribution in [0.1, 0.15) is 22.3 Å². The quantitative estimate of drug-likeness (QED) is 0.455. The molecule has 0 aromatic heterocycles. The molecule has 31 heavy (non-hydrogen) atoms. The van der Waals surface area contributed by atoms with E-state index in [1.54, 1.807) is 24.3 Å². The highest BCUT2D eigenvalue weighted by Crippen LogP contribution is 2.29. The van der Waals surface area contributed by atoms with E-state index >= 15 is 0 Å². The minimum absolute atomic E-state index is 0.0442. The Morgan fingerprint density at radius 2 is 1.94 bits per heavy atom. The number of hydrogen-bond donors (Lipinski definition) is 3. The molecule has 1 aliphatic rings. The highest BCUT2D eigenvalue weighted by Gasteiger charge is 2.38. The molecule has 2 aromatic rings. The Kier molecular flexibility index (Phi) is 7.09. The lowest BCUT2D eigenvalue weighted by Crippen LogP contribution is -2.34. The molecule has 1 saturated heterocycles. The van der Waals surface area contributed by atoms with Gasteiger partial charge < -0.3 is 10.4 Å². The first-order valence-electron chi connectivity index (χ1n) is 9.50. The van der Waals surface area contributed by atoms with Crippen molar-refractivity contribution in [2.45, 2.75) is 18.6 Å². The lowest BCUT2D eigenvalue weighted by molar-refractivity contribution is -0.127. The van der Waals surface area contributed by atoms with Crippen LogP contribution in [0.5, 0.6) is 5.75 Å². The Morgan fingerprint density at radius 1 is 1.23 bits per heavy atom. The molecular formula is C22H22N4O4S. The van der Waals surface area contributed by atoms with Gasteiger partial charge in [0.25, 0.3) is 5.91 Å². The zero-order valence-corrected chi connectivity index (χ0v) is 17.7. The third-order valence-corrected chi connectivity index (χ3v) is 5.61. The van der Waals surface area contributed by atoms with Crippen molar-refractivity contribution in [3.63, 3.8) is 0 Å². The van der Waals surface area contributed by atoms with Crippen LogP contribution in [0.2, 0.25) is 0 Å². The first kappa shape index (κ1) is 22.1. The molecule has 3 amide bonds. The van der Waals surface area contributed by atoms with Crippen LogP contribution in [0.15, 0.2) is 66.3 Å². The summed E-state index contributed by atoms with van der Waals surface area (Å²) in [7, 11) is 0. The molecule has 2 aromatic carbocycles. The second kappa shape index (κ2) is 9.94. The number of aromatic hydroxyl groups is 1. The summed E-state index contributed by atoms with van der Waals surface area (Å²) in [5.74, 6) is -1.38. The first-order chi connectivity index (χ1) is 14.9. The van der Waals surface area contributed by atoms with E-state index in [-0.39, 0.29) is 41.3 Å². The fourth-order valence-electron chi connectivity index (χ4n) is 2.86. The number of hydrogen-bond acceptors (Lipinski definition) is 6. The predicted octanol–water partition coefficient (Wildman–Crippen LogP) is 2.86. The number of phenolic OH excluding ortho intramolecular Hbond substituents is 1. The number of amidine groups is 1. The summed E-state index contributed by atoms with van der Waals surface area (Å²) >= 11 is 1.09. The van der Waals surface area contributed by atoms with E-state index in [0.717, 1.165) is 17.3 Å². The van der Waals surface area contributed by atoms with Crippen LogP contribution in [0, 0.1) is 6.92 Å². The number of rotatable bonds is 7. The molecule has 1 fully saturated rings. The third-order valence-electron chi connectivity index (χ3n) is 4.44. The number of para-hydroxylation sites is 1. The van der Waals surface area contributed by atoms with Crippen LogP contribution in [0.4, 0.5) is 5.69 Å². The van der Waals surface area contributed by atoms with Crippen molar-refractivity contribution in [2.24, 2.45) is 5.10 Å². The van der Waals surface area contributed by atoms with E-state index in [1.807, 2.05) is 19.1 Å². The number of phenols is 1. The van der Waals surface area contributed by atoms with Crippen molar-refractivity contribution >= 4 is 40.3 Å². The highest BCUT2D eigenvalue weighted by molar-refractivity contribution is 8.15. The first-order valence-corrected chi connectivity index (χ1v) is 10.4. The monoisotopic (exact) mass is 438 g/mol. The molecule has 1 heterocycles. The van der Waals surface area contributed by atoms with Gasteiger partial charge in [0, 0.05) is 18.7 Å². The average Bonchev–Trinajstić information content (AvgIpc) is 3.03. The van der Waals surface area contributed by atoms with Gasteiger partial charge in [-0.1, -0.05) is 47.7 Å². The van der Waals surface area contributed by atoms with Gasteiger partial charge in [-0.3, -0.25) is 19.3 Å². The van der Waals surface area contributed by atoms with Gasteiger partial charge in [-0.25, -0.2) is 5.43 Å². The molecule has 0 spiro atoms. The van der Waals surface area contributed by atoms with Crippen molar-refractivity contribution in [3.8, 4) is 5.75 Å². The van der Waals surface area contributed by atoms with E-state index in [0.29, 0.717) is 5.69 Å². The van der Waals surface area contributed by atoms with Gasteiger partial charge >= 0.3 is 0 Å². The Bertz CT molecular complexity index is 1040. The van der Waals surface area contributed by atoms with Gasteiger partial charge in [-0.05, 0) is 31.2 Å². The molecular weight excluding hydrogens is 416 g/mol. The molecule has 0 radical (unpaired) electrons. The van der Waals surface area contributed by atoms with Gasteiger partial charge in [0.15, 0.2) is 5.17 Å². The standard InChI is InChI=1S/C22H22N4O4S/c1-3-12-26-21(30)18(13-19(28)23-15-10-8-14(2)9-11-15)31-22(26)25-24-20(29)16-6-4-5-7-17(16)27/h3-11,18,27H,1,12-13H2,2H3,(H,23,28)(H,24,29). The van der Waals surface area contributed by atoms with Crippen LogP contribution < -0.4 is 10.7 Å². The molecule has 1 atom stereocenters. The van der Waals surface area contributed by atoms with Crippen molar-refractivity contribution in [3.05, 3.63) is 72.3 Å². The van der Waals surface area contributed by atoms with Gasteiger partial charge in [0.05, 0.1) is 5.56 Å². The number of nitrogens with one attached hydrogen (secondary N) is 2. The van der Waals surface area contributed by atoms with E-state index < -0.39 is 11.2 Å². The van der Waals surface area contributed by atoms with Crippen LogP contribution in [-0.2, 0) is 9.59 Å². The molecule has 8 nitrogen and oxygen atoms in total. The Hall–Kier alpha value is -3.59. The lowest BCUT2D eigenvalue weighted by atomic mass is 10.2. The number of carbonyl (C=O) groups is 3. The summed E-state index contributed by atoms with van der Waals surface area (Å²) in [4.78, 5) is 38.8. The van der Waals surface area contributed by atoms with E-state index in [9.17, 15) is 19.5 Å². The molecule has 1 aliphatic heterocycles. The fraction of sp³-hybridized carbons (Fsp3) is 0.182. The summed E-state index contributed by atoms with van der Waals surface area (Å²) in [6, 6.07) is 13.4. The van der Waals surface area contributed by atoms with Crippen LogP contribution >= 0.6 is 11.8 Å². The second-order valence-electron chi connectivity index (χ2n) is 6.81. The molecule has 0 bridgehead atoms. The van der Waals surface area contributed by atoms with Crippen molar-refractivity contribution in [1.29, 1.82) is 0 Å². The zero-order valence-electron chi connectivity index (χ0n) is 16.9. The molecule has 160 valence electrons. The highest BCUT2D eigenvalue weighted by atomic mass is 32.2. The minimum Gasteiger partial charge on any atom is -0.507 e. The van der Waals surface area contributed by atoms with Gasteiger partial charge in [-0.2, -0.15) is 0 Å². The zero-order chi connectivity index (χ0) is 22.4. The number of benzene rings is 2. The maximum Gasteiger partial charge on any atom is 0.275 e.